The average molecular weight is 423 g/mol. The number of esters is 1. The Kier molecular flexibility index (Phi) is 18.3. The molecule has 0 aliphatic rings. The first-order valence-electron chi connectivity index (χ1n) is 9.57. The van der Waals surface area contributed by atoms with Gasteiger partial charge in [-0.05, 0) is 12.5 Å². The summed E-state index contributed by atoms with van der Waals surface area (Å²) in [6, 6.07) is 6.17. The molecule has 0 aliphatic carbocycles. The third-order valence-corrected chi connectivity index (χ3v) is 3.59. The molecule has 0 aromatic heterocycles. The number of carbonyl (C=O) groups excluding carboxylic acids is 3. The van der Waals surface area contributed by atoms with Gasteiger partial charge >= 0.3 is 57.4 Å². The molecule has 1 aromatic rings. The summed E-state index contributed by atoms with van der Waals surface area (Å²) in [5, 5.41) is 2.29. The van der Waals surface area contributed by atoms with Crippen molar-refractivity contribution in [3.63, 3.8) is 0 Å². The molecule has 0 saturated carbocycles. The Morgan fingerprint density at radius 2 is 1.71 bits per heavy atom. The van der Waals surface area contributed by atoms with Gasteiger partial charge in [-0.1, -0.05) is 71.4 Å². The van der Waals surface area contributed by atoms with Gasteiger partial charge in [-0.25, -0.2) is 11.1 Å². The molecular weight excluding hydrogens is 388 g/mol. The van der Waals surface area contributed by atoms with Crippen LogP contribution in [0.1, 0.15) is 54.0 Å². The zero-order chi connectivity index (χ0) is 22.5. The predicted octanol–water partition coefficient (Wildman–Crippen LogP) is 0.726. The monoisotopic (exact) mass is 422 g/mol. The second kappa shape index (κ2) is 17.3. The molecule has 0 heterocycles. The molecule has 0 fully saturated rings. The smallest absolute Gasteiger partial charge is 0.539 e. The Balaban J connectivity index is -0.00000127. The first kappa shape index (κ1) is 29.6. The molecule has 1 rings (SSSR count). The summed E-state index contributed by atoms with van der Waals surface area (Å²) in [7, 11) is 1.16. The van der Waals surface area contributed by atoms with E-state index in [1.54, 1.807) is 12.1 Å². The van der Waals surface area contributed by atoms with Crippen LogP contribution in [0.25, 0.3) is 0 Å². The molecule has 3 unspecified atom stereocenters. The topological polar surface area (TPSA) is 72.5 Å². The Morgan fingerprint density at radius 1 is 1.25 bits per heavy atom. The number of rotatable bonds is 7. The van der Waals surface area contributed by atoms with Gasteiger partial charge in [0.2, 0.25) is 5.91 Å². The normalized spacial score (nSPS) is 15.1. The van der Waals surface area contributed by atoms with Gasteiger partial charge in [-0.15, -0.1) is 0 Å². The number of carbonyl (C=O) groups is 2. The first-order valence-corrected chi connectivity index (χ1v) is 9.07. The van der Waals surface area contributed by atoms with Crippen LogP contribution in [-0.4, -0.2) is 37.0 Å². The summed E-state index contributed by atoms with van der Waals surface area (Å²) in [4.78, 5) is 34.8. The van der Waals surface area contributed by atoms with Crippen molar-refractivity contribution >= 4 is 18.2 Å². The molecule has 7 heteroatoms. The van der Waals surface area contributed by atoms with Crippen molar-refractivity contribution in [2.45, 2.75) is 66.6 Å². The van der Waals surface area contributed by atoms with Gasteiger partial charge in [-0.3, -0.25) is 9.18 Å². The van der Waals surface area contributed by atoms with Crippen molar-refractivity contribution in [3.8, 4) is 0 Å². The summed E-state index contributed by atoms with van der Waals surface area (Å²) in [6.07, 6.45) is 1.17. The van der Waals surface area contributed by atoms with Crippen molar-refractivity contribution in [2.24, 2.45) is 5.89 Å². The van der Waals surface area contributed by atoms with Crippen molar-refractivity contribution in [1.82, 2.24) is 5.32 Å². The van der Waals surface area contributed by atoms with E-state index in [2.05, 4.69) is 10.1 Å². The second-order valence-electron chi connectivity index (χ2n) is 5.47. The van der Waals surface area contributed by atoms with Gasteiger partial charge in [0.15, 0.2) is 0 Å². The first-order chi connectivity index (χ1) is 13.0. The number of amides is 1. The average Bonchev–Trinajstić information content (AvgIpc) is 2.71. The molecule has 3 atom stereocenters. The number of halogens is 1. The van der Waals surface area contributed by atoms with Crippen LogP contribution in [-0.2, 0) is 25.5 Å². The van der Waals surface area contributed by atoms with E-state index in [9.17, 15) is 18.8 Å². The third-order valence-electron chi connectivity index (χ3n) is 3.59. The van der Waals surface area contributed by atoms with Crippen molar-refractivity contribution < 1.29 is 76.3 Å². The molecule has 0 radical (unpaired) electrons. The van der Waals surface area contributed by atoms with Crippen LogP contribution >= 0.6 is 0 Å². The van der Waals surface area contributed by atoms with Crippen LogP contribution in [0.5, 0.6) is 0 Å². The van der Waals surface area contributed by atoms with Gasteiger partial charge in [-0.2, -0.15) is 0 Å². The van der Waals surface area contributed by atoms with E-state index in [1.807, 2.05) is 46.8 Å². The number of ether oxygens (including phenoxy) is 1. The molecule has 0 spiro atoms. The standard InChI is InChI=1S/C17H21FNO4.2C2H6.K/c1-11-5-7-13(8-6-11)9-14(16(22)23-4)19-15(21)12(2)17(3,18)10-20;2*1-2;/h5-8,12,14H,9H2,1-4H3,(H,19,21);2*1-2H3;/q-1;;;+1/i12D;;;. The fourth-order valence-corrected chi connectivity index (χ4v) is 1.85. The van der Waals surface area contributed by atoms with Gasteiger partial charge in [0, 0.05) is 19.4 Å². The van der Waals surface area contributed by atoms with Crippen LogP contribution < -0.4 is 56.7 Å². The molecule has 1 N–H and O–H groups in total. The summed E-state index contributed by atoms with van der Waals surface area (Å²) in [5.41, 5.74) is -1.03. The maximum atomic E-state index is 14.1. The minimum absolute atomic E-state index is 0. The van der Waals surface area contributed by atoms with Crippen molar-refractivity contribution in [1.29, 1.82) is 0 Å². The van der Waals surface area contributed by atoms with E-state index in [4.69, 9.17) is 1.37 Å². The number of alkyl halides is 1. The Hall–Kier alpha value is -0.604. The number of aryl methyl sites for hydroxylation is 1. The van der Waals surface area contributed by atoms with E-state index >= 15 is 0 Å². The maximum Gasteiger partial charge on any atom is 1.00 e. The molecule has 0 aliphatic heterocycles. The fourth-order valence-electron chi connectivity index (χ4n) is 1.85. The molecule has 28 heavy (non-hydrogen) atoms. The predicted molar refractivity (Wildman–Crippen MR) is 106 cm³/mol. The van der Waals surface area contributed by atoms with E-state index in [-0.39, 0.29) is 57.8 Å². The van der Waals surface area contributed by atoms with Gasteiger partial charge in [0.1, 0.15) is 6.04 Å². The Labute approximate surface area is 213 Å². The van der Waals surface area contributed by atoms with E-state index in [1.165, 1.54) is 0 Å². The molecule has 154 valence electrons. The van der Waals surface area contributed by atoms with E-state index in [0.717, 1.165) is 38.4 Å². The van der Waals surface area contributed by atoms with Crippen molar-refractivity contribution in [3.05, 3.63) is 35.4 Å². The largest absolute Gasteiger partial charge is 1.00 e. The Bertz CT molecular complexity index is 622. The molecule has 1 aromatic carbocycles. The van der Waals surface area contributed by atoms with Gasteiger partial charge < -0.3 is 14.8 Å². The summed E-state index contributed by atoms with van der Waals surface area (Å²) >= 11 is 0. The molecule has 0 bridgehead atoms. The van der Waals surface area contributed by atoms with Gasteiger partial charge in [0.25, 0.3) is 0 Å². The zero-order valence-electron chi connectivity index (χ0n) is 19.6. The minimum Gasteiger partial charge on any atom is -0.539 e. The summed E-state index contributed by atoms with van der Waals surface area (Å²) in [5.74, 6) is -4.26. The second-order valence-corrected chi connectivity index (χ2v) is 5.47. The quantitative estimate of drug-likeness (QED) is 0.399. The Morgan fingerprint density at radius 3 is 2.11 bits per heavy atom. The summed E-state index contributed by atoms with van der Waals surface area (Å²) < 4.78 is 26.5. The van der Waals surface area contributed by atoms with Gasteiger partial charge in [0.05, 0.1) is 7.11 Å². The minimum atomic E-state index is -2.82. The SMILES string of the molecule is CC.CC.[2H]C(C)(C(=O)NC(Cc1ccc(C)cc1)C(=O)OC)C(C)(F)[C-]=O.[K+]. The number of nitrogens with one attached hydrogen (secondary N) is 1. The van der Waals surface area contributed by atoms with Crippen LogP contribution in [0.2, 0.25) is 0 Å². The molecule has 0 saturated heterocycles. The van der Waals surface area contributed by atoms with Crippen LogP contribution in [0.3, 0.4) is 0 Å². The third kappa shape index (κ3) is 11.4. The van der Waals surface area contributed by atoms with Crippen molar-refractivity contribution in [2.75, 3.05) is 7.11 Å². The number of hydrogen-bond acceptors (Lipinski definition) is 4. The van der Waals surface area contributed by atoms with Crippen LogP contribution in [0, 0.1) is 12.8 Å². The van der Waals surface area contributed by atoms with E-state index < -0.39 is 29.5 Å². The number of benzene rings is 1. The molecule has 1 amide bonds. The fraction of sp³-hybridized carbons (Fsp3) is 0.571. The molecular formula is C21H33FKNO4. The number of hydrogen-bond donors (Lipinski definition) is 1. The van der Waals surface area contributed by atoms with E-state index in [0.29, 0.717) is 0 Å². The number of methoxy groups -OCH3 is 1. The summed E-state index contributed by atoms with van der Waals surface area (Å²) in [6.45, 7) is 11.7. The maximum absolute atomic E-state index is 14.1. The van der Waals surface area contributed by atoms with Crippen LogP contribution in [0.4, 0.5) is 4.39 Å². The van der Waals surface area contributed by atoms with Crippen LogP contribution in [0.15, 0.2) is 24.3 Å². The zero-order valence-corrected chi connectivity index (χ0v) is 21.7. The molecule has 5 nitrogen and oxygen atoms in total.